The maximum absolute atomic E-state index is 11.0. The topological polar surface area (TPSA) is 80.9 Å². The standard InChI is InChI=1S/C26H19N2O4P/c27-18-23(19-10-4-1-5-11-19)22-16-17-24(28-32-33-29)26(31-21-14-8-3-9-15-21)25(22)30-20-12-6-2-7-13-20/h1-17H,33H2. The van der Waals surface area contributed by atoms with Crippen LogP contribution >= 0.6 is 8.69 Å². The highest BCUT2D eigenvalue weighted by Gasteiger charge is 2.27. The molecule has 3 aromatic rings. The SMILES string of the molecule is N#CC(=C1C=CC(=NO[PH2]=O)C(Oc2ccccc2)=C1Oc1ccccc1)c1ccccc1. The number of oxime groups is 1. The minimum Gasteiger partial charge on any atom is -0.453 e. The molecule has 1 atom stereocenters. The van der Waals surface area contributed by atoms with Crippen molar-refractivity contribution in [1.82, 2.24) is 0 Å². The van der Waals surface area contributed by atoms with Crippen molar-refractivity contribution in [3.8, 4) is 17.6 Å². The highest BCUT2D eigenvalue weighted by molar-refractivity contribution is 7.17. The Morgan fingerprint density at radius 1 is 0.758 bits per heavy atom. The lowest BCUT2D eigenvalue weighted by Crippen LogP contribution is -2.19. The summed E-state index contributed by atoms with van der Waals surface area (Å²) in [5.41, 5.74) is 1.93. The average molecular weight is 454 g/mol. The summed E-state index contributed by atoms with van der Waals surface area (Å²) in [6.07, 6.45) is 3.35. The smallest absolute Gasteiger partial charge is 0.253 e. The second-order valence-electron chi connectivity index (χ2n) is 6.77. The molecule has 1 aliphatic carbocycles. The van der Waals surface area contributed by atoms with Crippen molar-refractivity contribution >= 4 is 20.0 Å². The highest BCUT2D eigenvalue weighted by atomic mass is 31.1. The molecule has 1 aliphatic rings. The Balaban J connectivity index is 1.95. The van der Waals surface area contributed by atoms with Gasteiger partial charge in [-0.15, -0.1) is 0 Å². The van der Waals surface area contributed by atoms with Crippen LogP contribution in [-0.2, 0) is 9.19 Å². The van der Waals surface area contributed by atoms with Crippen molar-refractivity contribution < 1.29 is 18.7 Å². The molecule has 4 rings (SSSR count). The van der Waals surface area contributed by atoms with Gasteiger partial charge in [0.2, 0.25) is 0 Å². The number of para-hydroxylation sites is 2. The summed E-state index contributed by atoms with van der Waals surface area (Å²) in [6.45, 7) is 0. The lowest BCUT2D eigenvalue weighted by Gasteiger charge is -2.21. The molecule has 0 aliphatic heterocycles. The van der Waals surface area contributed by atoms with E-state index in [1.54, 1.807) is 36.4 Å². The van der Waals surface area contributed by atoms with E-state index in [1.165, 1.54) is 0 Å². The third-order valence-electron chi connectivity index (χ3n) is 4.66. The molecule has 162 valence electrons. The van der Waals surface area contributed by atoms with Crippen LogP contribution in [0.25, 0.3) is 5.57 Å². The normalized spacial score (nSPS) is 16.0. The average Bonchev–Trinajstić information content (AvgIpc) is 2.87. The van der Waals surface area contributed by atoms with Crippen LogP contribution < -0.4 is 9.47 Å². The van der Waals surface area contributed by atoms with Crippen molar-refractivity contribution in [2.24, 2.45) is 5.16 Å². The van der Waals surface area contributed by atoms with Gasteiger partial charge in [-0.25, -0.2) is 0 Å². The summed E-state index contributed by atoms with van der Waals surface area (Å²) in [5.74, 6) is 1.61. The molecule has 6 nitrogen and oxygen atoms in total. The molecule has 7 heteroatoms. The van der Waals surface area contributed by atoms with Gasteiger partial charge in [-0.3, -0.25) is 4.57 Å². The molecular formula is C26H19N2O4P. The summed E-state index contributed by atoms with van der Waals surface area (Å²) < 4.78 is 28.3. The van der Waals surface area contributed by atoms with Gasteiger partial charge in [0.1, 0.15) is 23.3 Å². The Hall–Kier alpha value is -4.33. The first-order valence-corrected chi connectivity index (χ1v) is 11.0. The summed E-state index contributed by atoms with van der Waals surface area (Å²) in [5, 5.41) is 14.0. The van der Waals surface area contributed by atoms with Crippen LogP contribution in [0.3, 0.4) is 0 Å². The van der Waals surface area contributed by atoms with Crippen LogP contribution in [0.15, 0.2) is 125 Å². The quantitative estimate of drug-likeness (QED) is 0.250. The number of nitrogens with zero attached hydrogens (tertiary/aromatic N) is 2. The van der Waals surface area contributed by atoms with E-state index in [2.05, 4.69) is 11.2 Å². The Labute approximate surface area is 192 Å². The molecule has 33 heavy (non-hydrogen) atoms. The molecule has 0 heterocycles. The van der Waals surface area contributed by atoms with Gasteiger partial charge >= 0.3 is 0 Å². The van der Waals surface area contributed by atoms with Crippen LogP contribution in [-0.4, -0.2) is 5.71 Å². The van der Waals surface area contributed by atoms with E-state index in [0.717, 1.165) is 5.56 Å². The number of rotatable bonds is 7. The first-order valence-electron chi connectivity index (χ1n) is 10.1. The van der Waals surface area contributed by atoms with Crippen molar-refractivity contribution in [2.45, 2.75) is 0 Å². The predicted molar refractivity (Wildman–Crippen MR) is 128 cm³/mol. The Morgan fingerprint density at radius 2 is 1.30 bits per heavy atom. The zero-order chi connectivity index (χ0) is 22.9. The van der Waals surface area contributed by atoms with E-state index in [1.807, 2.05) is 66.7 Å². The Kier molecular flexibility index (Phi) is 7.17. The number of allylic oxidation sites excluding steroid dienone is 3. The summed E-state index contributed by atoms with van der Waals surface area (Å²) in [6, 6.07) is 29.9. The van der Waals surface area contributed by atoms with Gasteiger partial charge in [-0.05, 0) is 42.0 Å². The summed E-state index contributed by atoms with van der Waals surface area (Å²) >= 11 is 0. The summed E-state index contributed by atoms with van der Waals surface area (Å²) in [4.78, 5) is 0. The van der Waals surface area contributed by atoms with Crippen molar-refractivity contribution in [3.05, 3.63) is 126 Å². The van der Waals surface area contributed by atoms with Crippen LogP contribution in [0, 0.1) is 11.3 Å². The Bertz CT molecular complexity index is 1290. The van der Waals surface area contributed by atoms with Crippen LogP contribution in [0.4, 0.5) is 0 Å². The molecule has 1 unspecified atom stereocenters. The fraction of sp³-hybridized carbons (Fsp3) is 0. The van der Waals surface area contributed by atoms with E-state index in [9.17, 15) is 9.83 Å². The highest BCUT2D eigenvalue weighted by Crippen LogP contribution is 2.33. The van der Waals surface area contributed by atoms with Crippen molar-refractivity contribution in [3.63, 3.8) is 0 Å². The molecule has 0 fully saturated rings. The Morgan fingerprint density at radius 3 is 1.85 bits per heavy atom. The fourth-order valence-corrected chi connectivity index (χ4v) is 3.35. The third-order valence-corrected chi connectivity index (χ3v) is 4.85. The van der Waals surface area contributed by atoms with Gasteiger partial charge in [-0.2, -0.15) is 5.26 Å². The maximum Gasteiger partial charge on any atom is 0.253 e. The predicted octanol–water partition coefficient (Wildman–Crippen LogP) is 5.95. The number of hydrogen-bond acceptors (Lipinski definition) is 6. The molecule has 0 saturated carbocycles. The molecule has 0 amide bonds. The summed E-state index contributed by atoms with van der Waals surface area (Å²) in [7, 11) is -1.56. The van der Waals surface area contributed by atoms with Gasteiger partial charge in [0.05, 0.1) is 5.57 Å². The maximum atomic E-state index is 11.0. The minimum atomic E-state index is -1.56. The zero-order valence-corrected chi connectivity index (χ0v) is 18.6. The number of nitriles is 1. The first-order chi connectivity index (χ1) is 16.3. The molecule has 0 bridgehead atoms. The lowest BCUT2D eigenvalue weighted by atomic mass is 9.95. The number of benzene rings is 3. The monoisotopic (exact) mass is 454 g/mol. The third kappa shape index (κ3) is 5.30. The van der Waals surface area contributed by atoms with Gasteiger partial charge in [-0.1, -0.05) is 71.9 Å². The van der Waals surface area contributed by atoms with Gasteiger partial charge in [0.15, 0.2) is 11.5 Å². The molecule has 0 aromatic heterocycles. The molecular weight excluding hydrogens is 435 g/mol. The fourth-order valence-electron chi connectivity index (χ4n) is 3.20. The number of hydrogen-bond donors (Lipinski definition) is 0. The van der Waals surface area contributed by atoms with Crippen LogP contribution in [0.1, 0.15) is 5.56 Å². The van der Waals surface area contributed by atoms with Crippen molar-refractivity contribution in [2.75, 3.05) is 0 Å². The molecule has 0 N–H and O–H groups in total. The number of ether oxygens (including phenoxy) is 2. The molecule has 0 saturated heterocycles. The van der Waals surface area contributed by atoms with E-state index in [-0.39, 0.29) is 17.2 Å². The second kappa shape index (κ2) is 10.8. The second-order valence-corrected chi connectivity index (χ2v) is 7.17. The van der Waals surface area contributed by atoms with Crippen LogP contribution in [0.5, 0.6) is 11.5 Å². The molecule has 0 spiro atoms. The van der Waals surface area contributed by atoms with Gasteiger partial charge in [0, 0.05) is 5.57 Å². The van der Waals surface area contributed by atoms with E-state index in [0.29, 0.717) is 22.6 Å². The molecule has 0 radical (unpaired) electrons. The molecule has 3 aromatic carbocycles. The van der Waals surface area contributed by atoms with E-state index >= 15 is 0 Å². The largest absolute Gasteiger partial charge is 0.453 e. The van der Waals surface area contributed by atoms with Gasteiger partial charge in [0.25, 0.3) is 8.69 Å². The van der Waals surface area contributed by atoms with E-state index in [4.69, 9.17) is 14.1 Å². The zero-order valence-electron chi connectivity index (χ0n) is 17.4. The van der Waals surface area contributed by atoms with Crippen molar-refractivity contribution in [1.29, 1.82) is 5.26 Å². The van der Waals surface area contributed by atoms with Crippen LogP contribution in [0.2, 0.25) is 0 Å². The first kappa shape index (κ1) is 21.9. The van der Waals surface area contributed by atoms with E-state index < -0.39 is 8.69 Å². The van der Waals surface area contributed by atoms with Gasteiger partial charge < -0.3 is 14.1 Å². The lowest BCUT2D eigenvalue weighted by molar-refractivity contribution is 0.351. The minimum absolute atomic E-state index is 0.235.